The van der Waals surface area contributed by atoms with E-state index >= 15 is 0 Å². The van der Waals surface area contributed by atoms with Crippen LogP contribution in [0.3, 0.4) is 0 Å². The van der Waals surface area contributed by atoms with E-state index in [4.69, 9.17) is 0 Å². The molecule has 2 rings (SSSR count). The van der Waals surface area contributed by atoms with Crippen LogP contribution in [0.15, 0.2) is 18.9 Å². The number of amides is 2. The Kier molecular flexibility index (Phi) is 5.25. The van der Waals surface area contributed by atoms with Crippen molar-refractivity contribution in [3.05, 3.63) is 35.9 Å². The van der Waals surface area contributed by atoms with Crippen molar-refractivity contribution in [2.45, 2.75) is 39.2 Å². The molecule has 6 nitrogen and oxygen atoms in total. The van der Waals surface area contributed by atoms with Gasteiger partial charge in [0.25, 0.3) is 0 Å². The van der Waals surface area contributed by atoms with Crippen molar-refractivity contribution in [3.8, 4) is 0 Å². The van der Waals surface area contributed by atoms with Gasteiger partial charge in [0.1, 0.15) is 5.82 Å². The zero-order chi connectivity index (χ0) is 16.1. The Labute approximate surface area is 130 Å². The average Bonchev–Trinajstić information content (AvgIpc) is 2.51. The fourth-order valence-corrected chi connectivity index (χ4v) is 2.68. The molecule has 1 aromatic rings. The number of hydrogen-bond acceptors (Lipinski definition) is 4. The third-order valence-corrected chi connectivity index (χ3v) is 3.84. The molecule has 2 amide bonds. The van der Waals surface area contributed by atoms with E-state index in [9.17, 15) is 9.59 Å². The SMILES string of the molecule is C=CC(=O)N(CC)CC(=O)NC1CCCc2nc(C)ncc21. The Morgan fingerprint density at radius 1 is 1.55 bits per heavy atom. The number of hydrogen-bond donors (Lipinski definition) is 1. The van der Waals surface area contributed by atoms with Crippen molar-refractivity contribution < 1.29 is 9.59 Å². The highest BCUT2D eigenvalue weighted by Gasteiger charge is 2.24. The van der Waals surface area contributed by atoms with Crippen LogP contribution in [0, 0.1) is 6.92 Å². The average molecular weight is 302 g/mol. The minimum atomic E-state index is -0.236. The van der Waals surface area contributed by atoms with Crippen molar-refractivity contribution in [2.24, 2.45) is 0 Å². The van der Waals surface area contributed by atoms with Crippen LogP contribution >= 0.6 is 0 Å². The highest BCUT2D eigenvalue weighted by Crippen LogP contribution is 2.27. The fourth-order valence-electron chi connectivity index (χ4n) is 2.68. The van der Waals surface area contributed by atoms with Gasteiger partial charge in [-0.25, -0.2) is 9.97 Å². The van der Waals surface area contributed by atoms with Gasteiger partial charge < -0.3 is 10.2 Å². The maximum Gasteiger partial charge on any atom is 0.246 e. The molecule has 0 bridgehead atoms. The van der Waals surface area contributed by atoms with Crippen molar-refractivity contribution in [3.63, 3.8) is 0 Å². The number of fused-ring (bicyclic) bond motifs is 1. The predicted octanol–water partition coefficient (Wildman–Crippen LogP) is 1.31. The van der Waals surface area contributed by atoms with Gasteiger partial charge in [0.2, 0.25) is 11.8 Å². The third kappa shape index (κ3) is 3.69. The lowest BCUT2D eigenvalue weighted by Crippen LogP contribution is -2.41. The maximum atomic E-state index is 12.2. The normalized spacial score (nSPS) is 16.5. The zero-order valence-electron chi connectivity index (χ0n) is 13.1. The molecule has 0 aliphatic heterocycles. The van der Waals surface area contributed by atoms with Gasteiger partial charge in [0.05, 0.1) is 12.6 Å². The first-order valence-electron chi connectivity index (χ1n) is 7.58. The van der Waals surface area contributed by atoms with Gasteiger partial charge in [-0.05, 0) is 39.2 Å². The van der Waals surface area contributed by atoms with Gasteiger partial charge >= 0.3 is 0 Å². The summed E-state index contributed by atoms with van der Waals surface area (Å²) in [5.41, 5.74) is 2.00. The Morgan fingerprint density at radius 2 is 2.32 bits per heavy atom. The molecule has 1 atom stereocenters. The first kappa shape index (κ1) is 16.1. The van der Waals surface area contributed by atoms with Crippen LogP contribution in [-0.2, 0) is 16.0 Å². The molecule has 0 saturated heterocycles. The molecule has 1 N–H and O–H groups in total. The van der Waals surface area contributed by atoms with E-state index in [0.717, 1.165) is 36.3 Å². The molecule has 22 heavy (non-hydrogen) atoms. The summed E-state index contributed by atoms with van der Waals surface area (Å²) in [6, 6.07) is -0.0746. The highest BCUT2D eigenvalue weighted by molar-refractivity contribution is 5.90. The Bertz CT molecular complexity index is 586. The fraction of sp³-hybridized carbons (Fsp3) is 0.500. The topological polar surface area (TPSA) is 75.2 Å². The van der Waals surface area contributed by atoms with E-state index in [1.54, 1.807) is 6.20 Å². The van der Waals surface area contributed by atoms with E-state index in [2.05, 4.69) is 21.9 Å². The number of carbonyl (C=O) groups excluding carboxylic acids is 2. The van der Waals surface area contributed by atoms with Gasteiger partial charge in [-0.1, -0.05) is 6.58 Å². The molecular weight excluding hydrogens is 280 g/mol. The van der Waals surface area contributed by atoms with Crippen LogP contribution in [-0.4, -0.2) is 39.8 Å². The van der Waals surface area contributed by atoms with Crippen molar-refractivity contribution in [1.29, 1.82) is 0 Å². The summed E-state index contributed by atoms with van der Waals surface area (Å²) in [4.78, 5) is 33.9. The lowest BCUT2D eigenvalue weighted by Gasteiger charge is -2.27. The third-order valence-electron chi connectivity index (χ3n) is 3.84. The largest absolute Gasteiger partial charge is 0.348 e. The minimum Gasteiger partial charge on any atom is -0.348 e. The van der Waals surface area contributed by atoms with E-state index in [-0.39, 0.29) is 24.4 Å². The summed E-state index contributed by atoms with van der Waals surface area (Å²) in [5.74, 6) is 0.343. The molecule has 6 heteroatoms. The maximum absolute atomic E-state index is 12.2. The second-order valence-electron chi connectivity index (χ2n) is 5.39. The molecule has 1 heterocycles. The monoisotopic (exact) mass is 302 g/mol. The molecule has 0 radical (unpaired) electrons. The quantitative estimate of drug-likeness (QED) is 0.832. The standard InChI is InChI=1S/C16H22N4O2/c1-4-16(22)20(5-2)10-15(21)19-14-8-6-7-13-12(14)9-17-11(3)18-13/h4,9,14H,1,5-8,10H2,2-3H3,(H,19,21). The summed E-state index contributed by atoms with van der Waals surface area (Å²) in [7, 11) is 0. The Hall–Kier alpha value is -2.24. The summed E-state index contributed by atoms with van der Waals surface area (Å²) in [6.07, 6.45) is 5.79. The van der Waals surface area contributed by atoms with Crippen LogP contribution in [0.1, 0.15) is 42.9 Å². The van der Waals surface area contributed by atoms with E-state index in [0.29, 0.717) is 6.54 Å². The predicted molar refractivity (Wildman–Crippen MR) is 83.0 cm³/mol. The second-order valence-corrected chi connectivity index (χ2v) is 5.39. The van der Waals surface area contributed by atoms with Crippen LogP contribution in [0.25, 0.3) is 0 Å². The van der Waals surface area contributed by atoms with E-state index < -0.39 is 0 Å². The lowest BCUT2D eigenvalue weighted by atomic mass is 9.92. The highest BCUT2D eigenvalue weighted by atomic mass is 16.2. The summed E-state index contributed by atoms with van der Waals surface area (Å²) < 4.78 is 0. The van der Waals surface area contributed by atoms with Crippen LogP contribution < -0.4 is 5.32 Å². The number of rotatable bonds is 5. The molecule has 1 unspecified atom stereocenters. The molecule has 0 fully saturated rings. The lowest BCUT2D eigenvalue weighted by molar-refractivity contribution is -0.132. The van der Waals surface area contributed by atoms with Gasteiger partial charge in [0, 0.05) is 24.0 Å². The minimum absolute atomic E-state index is 0.0416. The number of aryl methyl sites for hydroxylation is 2. The molecule has 0 saturated carbocycles. The summed E-state index contributed by atoms with van der Waals surface area (Å²) in [5, 5.41) is 2.99. The van der Waals surface area contributed by atoms with E-state index in [1.807, 2.05) is 13.8 Å². The molecule has 1 aromatic heterocycles. The zero-order valence-corrected chi connectivity index (χ0v) is 13.1. The number of aromatic nitrogens is 2. The summed E-state index contributed by atoms with van der Waals surface area (Å²) in [6.45, 7) is 7.66. The first-order chi connectivity index (χ1) is 10.5. The van der Waals surface area contributed by atoms with Gasteiger partial charge in [0.15, 0.2) is 0 Å². The number of likely N-dealkylation sites (N-methyl/N-ethyl adjacent to an activating group) is 1. The molecular formula is C16H22N4O2. The Morgan fingerprint density at radius 3 is 3.00 bits per heavy atom. The number of nitrogens with one attached hydrogen (secondary N) is 1. The van der Waals surface area contributed by atoms with Gasteiger partial charge in [-0.3, -0.25) is 9.59 Å². The van der Waals surface area contributed by atoms with Crippen LogP contribution in [0.4, 0.5) is 0 Å². The molecule has 0 aromatic carbocycles. The number of nitrogens with zero attached hydrogens (tertiary/aromatic N) is 3. The first-order valence-corrected chi connectivity index (χ1v) is 7.58. The van der Waals surface area contributed by atoms with Gasteiger partial charge in [-0.15, -0.1) is 0 Å². The summed E-state index contributed by atoms with van der Waals surface area (Å²) >= 11 is 0. The Balaban J connectivity index is 2.04. The second kappa shape index (κ2) is 7.15. The molecule has 0 spiro atoms. The van der Waals surface area contributed by atoms with Crippen LogP contribution in [0.5, 0.6) is 0 Å². The van der Waals surface area contributed by atoms with Crippen molar-refractivity contribution >= 4 is 11.8 Å². The van der Waals surface area contributed by atoms with Crippen molar-refractivity contribution in [2.75, 3.05) is 13.1 Å². The molecule has 118 valence electrons. The smallest absolute Gasteiger partial charge is 0.246 e. The molecule has 1 aliphatic carbocycles. The van der Waals surface area contributed by atoms with Crippen LogP contribution in [0.2, 0.25) is 0 Å². The van der Waals surface area contributed by atoms with Crippen molar-refractivity contribution in [1.82, 2.24) is 20.2 Å². The van der Waals surface area contributed by atoms with E-state index in [1.165, 1.54) is 11.0 Å². The number of carbonyl (C=O) groups is 2. The molecule has 1 aliphatic rings. The van der Waals surface area contributed by atoms with Gasteiger partial charge in [-0.2, -0.15) is 0 Å².